The van der Waals surface area contributed by atoms with Crippen LogP contribution in [0.4, 0.5) is 4.39 Å². The molecule has 1 aromatic rings. The number of rotatable bonds is 5. The molecule has 0 saturated carbocycles. The van der Waals surface area contributed by atoms with E-state index in [0.29, 0.717) is 19.8 Å². The molecule has 78 valence electrons. The minimum atomic E-state index is -0.831. The van der Waals surface area contributed by atoms with Gasteiger partial charge in [0.2, 0.25) is 0 Å². The average molecular weight is 196 g/mol. The van der Waals surface area contributed by atoms with Gasteiger partial charge in [-0.05, 0) is 12.5 Å². The first-order valence-corrected chi connectivity index (χ1v) is 4.82. The van der Waals surface area contributed by atoms with Crippen molar-refractivity contribution in [1.29, 1.82) is 0 Å². The van der Waals surface area contributed by atoms with E-state index in [0.717, 1.165) is 0 Å². The van der Waals surface area contributed by atoms with Crippen LogP contribution in [-0.4, -0.2) is 24.3 Å². The summed E-state index contributed by atoms with van der Waals surface area (Å²) in [6, 6.07) is 9.96. The third-order valence-electron chi connectivity index (χ3n) is 2.02. The molecular weight excluding hydrogens is 179 g/mol. The number of hydrogen-bond donors (Lipinski definition) is 1. The Balaban J connectivity index is 2.48. The summed E-state index contributed by atoms with van der Waals surface area (Å²) in [6.45, 7) is 3.05. The van der Waals surface area contributed by atoms with Crippen LogP contribution in [0.25, 0.3) is 0 Å². The van der Waals surface area contributed by atoms with Crippen molar-refractivity contribution in [3.63, 3.8) is 0 Å². The van der Waals surface area contributed by atoms with E-state index in [1.165, 1.54) is 5.56 Å². The predicted octanol–water partition coefficient (Wildman–Crippen LogP) is 1.76. The van der Waals surface area contributed by atoms with E-state index in [1.54, 1.807) is 6.92 Å². The van der Waals surface area contributed by atoms with Crippen molar-refractivity contribution in [1.82, 2.24) is 4.90 Å². The fraction of sp³-hybridized carbons (Fsp3) is 0.455. The molecule has 2 N–H and O–H groups in total. The van der Waals surface area contributed by atoms with Crippen LogP contribution in [0.2, 0.25) is 0 Å². The van der Waals surface area contributed by atoms with Gasteiger partial charge in [-0.15, -0.1) is 0 Å². The number of nitrogens with zero attached hydrogens (tertiary/aromatic N) is 1. The standard InChI is InChI=1S/C11H17FN2/c1-10(12)7-14(9-13)8-11-5-3-2-4-6-11/h2-6,10H,7-9,13H2,1H3. The van der Waals surface area contributed by atoms with Crippen LogP contribution < -0.4 is 5.73 Å². The minimum absolute atomic E-state index is 0.392. The Kier molecular flexibility index (Phi) is 4.56. The lowest BCUT2D eigenvalue weighted by Gasteiger charge is -2.20. The lowest BCUT2D eigenvalue weighted by molar-refractivity contribution is 0.199. The van der Waals surface area contributed by atoms with Gasteiger partial charge in [0, 0.05) is 19.8 Å². The molecular formula is C11H17FN2. The zero-order valence-corrected chi connectivity index (χ0v) is 8.49. The van der Waals surface area contributed by atoms with Crippen molar-refractivity contribution in [3.05, 3.63) is 35.9 Å². The van der Waals surface area contributed by atoms with Gasteiger partial charge in [0.15, 0.2) is 0 Å². The van der Waals surface area contributed by atoms with Crippen molar-refractivity contribution in [2.45, 2.75) is 19.6 Å². The molecule has 0 bridgehead atoms. The maximum atomic E-state index is 12.7. The predicted molar refractivity (Wildman–Crippen MR) is 56.5 cm³/mol. The zero-order valence-electron chi connectivity index (χ0n) is 8.49. The van der Waals surface area contributed by atoms with E-state index in [9.17, 15) is 4.39 Å². The van der Waals surface area contributed by atoms with Gasteiger partial charge in [0.1, 0.15) is 6.17 Å². The molecule has 0 amide bonds. The van der Waals surface area contributed by atoms with Crippen LogP contribution >= 0.6 is 0 Å². The Bertz CT molecular complexity index is 249. The molecule has 0 heterocycles. The minimum Gasteiger partial charge on any atom is -0.318 e. The molecule has 0 spiro atoms. The second kappa shape index (κ2) is 5.73. The van der Waals surface area contributed by atoms with Gasteiger partial charge in [-0.2, -0.15) is 0 Å². The van der Waals surface area contributed by atoms with Gasteiger partial charge in [0.05, 0.1) is 0 Å². The highest BCUT2D eigenvalue weighted by Crippen LogP contribution is 2.04. The largest absolute Gasteiger partial charge is 0.318 e. The molecule has 0 saturated heterocycles. The van der Waals surface area contributed by atoms with Crippen LogP contribution in [0.1, 0.15) is 12.5 Å². The Morgan fingerprint density at radius 2 is 2.00 bits per heavy atom. The molecule has 1 rings (SSSR count). The first-order chi connectivity index (χ1) is 6.72. The molecule has 2 nitrogen and oxygen atoms in total. The van der Waals surface area contributed by atoms with E-state index >= 15 is 0 Å². The average Bonchev–Trinajstić information content (AvgIpc) is 2.17. The Labute approximate surface area is 84.5 Å². The molecule has 0 aliphatic carbocycles. The summed E-state index contributed by atoms with van der Waals surface area (Å²) < 4.78 is 12.7. The molecule has 0 radical (unpaired) electrons. The van der Waals surface area contributed by atoms with Crippen LogP contribution in [0.15, 0.2) is 30.3 Å². The molecule has 1 unspecified atom stereocenters. The smallest absolute Gasteiger partial charge is 0.110 e. The summed E-state index contributed by atoms with van der Waals surface area (Å²) in [5.41, 5.74) is 6.69. The summed E-state index contributed by atoms with van der Waals surface area (Å²) in [7, 11) is 0. The highest BCUT2D eigenvalue weighted by atomic mass is 19.1. The van der Waals surface area contributed by atoms with E-state index in [2.05, 4.69) is 0 Å². The zero-order chi connectivity index (χ0) is 10.4. The quantitative estimate of drug-likeness (QED) is 0.727. The number of hydrogen-bond acceptors (Lipinski definition) is 2. The fourth-order valence-electron chi connectivity index (χ4n) is 1.40. The third kappa shape index (κ3) is 3.85. The van der Waals surface area contributed by atoms with Gasteiger partial charge in [-0.3, -0.25) is 4.90 Å². The Hall–Kier alpha value is -0.930. The van der Waals surface area contributed by atoms with Crippen molar-refractivity contribution < 1.29 is 4.39 Å². The molecule has 1 aromatic carbocycles. The summed E-state index contributed by atoms with van der Waals surface area (Å²) in [6.07, 6.45) is -0.831. The molecule has 1 atom stereocenters. The van der Waals surface area contributed by atoms with Crippen molar-refractivity contribution in [2.24, 2.45) is 5.73 Å². The van der Waals surface area contributed by atoms with Crippen LogP contribution in [0.5, 0.6) is 0 Å². The fourth-order valence-corrected chi connectivity index (χ4v) is 1.40. The Morgan fingerprint density at radius 1 is 1.36 bits per heavy atom. The molecule has 0 aromatic heterocycles. The maximum absolute atomic E-state index is 12.7. The highest BCUT2D eigenvalue weighted by molar-refractivity contribution is 5.14. The lowest BCUT2D eigenvalue weighted by Crippen LogP contribution is -2.33. The molecule has 0 fully saturated rings. The number of alkyl halides is 1. The number of halogens is 1. The lowest BCUT2D eigenvalue weighted by atomic mass is 10.2. The Morgan fingerprint density at radius 3 is 2.50 bits per heavy atom. The first-order valence-electron chi connectivity index (χ1n) is 4.82. The van der Waals surface area contributed by atoms with Gasteiger partial charge >= 0.3 is 0 Å². The third-order valence-corrected chi connectivity index (χ3v) is 2.02. The molecule has 0 aliphatic rings. The highest BCUT2D eigenvalue weighted by Gasteiger charge is 2.07. The summed E-state index contributed by atoms with van der Waals surface area (Å²) in [4.78, 5) is 1.89. The summed E-state index contributed by atoms with van der Waals surface area (Å²) >= 11 is 0. The van der Waals surface area contributed by atoms with Gasteiger partial charge < -0.3 is 5.73 Å². The van der Waals surface area contributed by atoms with E-state index in [1.807, 2.05) is 35.2 Å². The van der Waals surface area contributed by atoms with Crippen LogP contribution in [0.3, 0.4) is 0 Å². The van der Waals surface area contributed by atoms with Crippen LogP contribution in [0, 0.1) is 0 Å². The van der Waals surface area contributed by atoms with Crippen molar-refractivity contribution >= 4 is 0 Å². The normalized spacial score (nSPS) is 13.1. The van der Waals surface area contributed by atoms with Crippen molar-refractivity contribution in [2.75, 3.05) is 13.2 Å². The number of benzene rings is 1. The second-order valence-corrected chi connectivity index (χ2v) is 3.46. The van der Waals surface area contributed by atoms with Gasteiger partial charge in [0.25, 0.3) is 0 Å². The second-order valence-electron chi connectivity index (χ2n) is 3.46. The maximum Gasteiger partial charge on any atom is 0.110 e. The first kappa shape index (κ1) is 11.1. The molecule has 14 heavy (non-hydrogen) atoms. The van der Waals surface area contributed by atoms with E-state index in [-0.39, 0.29) is 0 Å². The van der Waals surface area contributed by atoms with Gasteiger partial charge in [-0.25, -0.2) is 4.39 Å². The van der Waals surface area contributed by atoms with Crippen LogP contribution in [-0.2, 0) is 6.54 Å². The van der Waals surface area contributed by atoms with E-state index in [4.69, 9.17) is 5.73 Å². The number of nitrogens with two attached hydrogens (primary N) is 1. The summed E-state index contributed by atoms with van der Waals surface area (Å²) in [5, 5.41) is 0. The monoisotopic (exact) mass is 196 g/mol. The van der Waals surface area contributed by atoms with Gasteiger partial charge in [-0.1, -0.05) is 30.3 Å². The summed E-state index contributed by atoms with van der Waals surface area (Å²) in [5.74, 6) is 0. The molecule has 3 heteroatoms. The van der Waals surface area contributed by atoms with Crippen molar-refractivity contribution in [3.8, 4) is 0 Å². The van der Waals surface area contributed by atoms with E-state index < -0.39 is 6.17 Å². The topological polar surface area (TPSA) is 29.3 Å². The SMILES string of the molecule is CC(F)CN(CN)Cc1ccccc1. The molecule has 0 aliphatic heterocycles.